The van der Waals surface area contributed by atoms with E-state index in [1.165, 1.54) is 16.3 Å². The van der Waals surface area contributed by atoms with E-state index in [0.717, 1.165) is 11.2 Å². The molecule has 0 amide bonds. The van der Waals surface area contributed by atoms with E-state index in [0.29, 0.717) is 0 Å². The van der Waals surface area contributed by atoms with Gasteiger partial charge in [-0.1, -0.05) is 48.6 Å². The molecular weight excluding hydrogens is 275 g/mol. The van der Waals surface area contributed by atoms with Gasteiger partial charge in [0.1, 0.15) is 11.9 Å². The molecular formula is C18H17BO3. The Labute approximate surface area is 130 Å². The first kappa shape index (κ1) is 13.6. The molecule has 2 aromatic rings. The number of benzene rings is 2. The summed E-state index contributed by atoms with van der Waals surface area (Å²) >= 11 is 0. The van der Waals surface area contributed by atoms with Crippen LogP contribution in [0.15, 0.2) is 54.6 Å². The fourth-order valence-electron chi connectivity index (χ4n) is 3.46. The average Bonchev–Trinajstić information content (AvgIpc) is 2.96. The molecule has 22 heavy (non-hydrogen) atoms. The van der Waals surface area contributed by atoms with Crippen molar-refractivity contribution in [3.8, 4) is 5.75 Å². The molecule has 0 saturated carbocycles. The Morgan fingerprint density at radius 2 is 1.82 bits per heavy atom. The molecule has 2 aliphatic rings. The highest BCUT2D eigenvalue weighted by Gasteiger charge is 2.38. The van der Waals surface area contributed by atoms with Crippen molar-refractivity contribution in [2.45, 2.75) is 12.0 Å². The molecule has 3 nitrogen and oxygen atoms in total. The van der Waals surface area contributed by atoms with Gasteiger partial charge < -0.3 is 14.0 Å². The maximum absolute atomic E-state index is 6.24. The molecule has 2 aromatic carbocycles. The summed E-state index contributed by atoms with van der Waals surface area (Å²) in [6.07, 6.45) is 8.50. The molecule has 1 aliphatic carbocycles. The molecule has 4 heteroatoms. The summed E-state index contributed by atoms with van der Waals surface area (Å²) in [5.74, 6) is 1.15. The van der Waals surface area contributed by atoms with Crippen LogP contribution in [-0.2, 0) is 9.31 Å². The monoisotopic (exact) mass is 292 g/mol. The Kier molecular flexibility index (Phi) is 3.28. The third kappa shape index (κ3) is 1.91. The molecule has 0 radical (unpaired) electrons. The van der Waals surface area contributed by atoms with Crippen LogP contribution >= 0.6 is 0 Å². The topological polar surface area (TPSA) is 27.7 Å². The van der Waals surface area contributed by atoms with Crippen molar-refractivity contribution in [3.63, 3.8) is 0 Å². The predicted molar refractivity (Wildman–Crippen MR) is 88.8 cm³/mol. The lowest BCUT2D eigenvalue weighted by atomic mass is 9.74. The second kappa shape index (κ2) is 5.31. The number of hydrogen-bond acceptors (Lipinski definition) is 3. The van der Waals surface area contributed by atoms with E-state index in [1.54, 1.807) is 14.2 Å². The molecule has 0 fully saturated rings. The Bertz CT molecular complexity index is 777. The van der Waals surface area contributed by atoms with Crippen molar-refractivity contribution in [2.75, 3.05) is 14.2 Å². The molecule has 0 saturated heterocycles. The minimum absolute atomic E-state index is 0.0546. The summed E-state index contributed by atoms with van der Waals surface area (Å²) in [6, 6.07) is 10.5. The van der Waals surface area contributed by atoms with Crippen LogP contribution in [0, 0.1) is 0 Å². The first-order chi connectivity index (χ1) is 10.8. The summed E-state index contributed by atoms with van der Waals surface area (Å²) in [6.45, 7) is 0. The van der Waals surface area contributed by atoms with E-state index in [1.807, 2.05) is 6.08 Å². The van der Waals surface area contributed by atoms with Gasteiger partial charge >= 0.3 is 7.12 Å². The minimum Gasteiger partial charge on any atom is -0.485 e. The Morgan fingerprint density at radius 3 is 2.64 bits per heavy atom. The van der Waals surface area contributed by atoms with Gasteiger partial charge in [-0.15, -0.1) is 0 Å². The molecule has 0 bridgehead atoms. The van der Waals surface area contributed by atoms with Crippen molar-refractivity contribution in [3.05, 3.63) is 60.2 Å². The smallest absolute Gasteiger partial charge is 0.485 e. The highest BCUT2D eigenvalue weighted by molar-refractivity contribution is 6.62. The standard InChI is InChI=1S/C18H17BO3/c1-20-19(21-2)15-11-12-7-3-4-8-13(12)17-14-9-5-6-10-16(14)22-18(15)17/h3-11,14,16H,1-2H3. The molecule has 0 spiro atoms. The van der Waals surface area contributed by atoms with Crippen LogP contribution in [0.3, 0.4) is 0 Å². The van der Waals surface area contributed by atoms with E-state index in [2.05, 4.69) is 48.6 Å². The van der Waals surface area contributed by atoms with Crippen LogP contribution in [0.1, 0.15) is 11.5 Å². The lowest BCUT2D eigenvalue weighted by Crippen LogP contribution is -2.36. The molecule has 110 valence electrons. The number of fused-ring (bicyclic) bond motifs is 5. The van der Waals surface area contributed by atoms with Crippen LogP contribution in [0.25, 0.3) is 10.8 Å². The second-order valence-corrected chi connectivity index (χ2v) is 5.61. The van der Waals surface area contributed by atoms with Gasteiger partial charge in [-0.2, -0.15) is 0 Å². The number of hydrogen-bond donors (Lipinski definition) is 0. The first-order valence-corrected chi connectivity index (χ1v) is 7.46. The largest absolute Gasteiger partial charge is 0.497 e. The van der Waals surface area contributed by atoms with Crippen molar-refractivity contribution in [1.29, 1.82) is 0 Å². The predicted octanol–water partition coefficient (Wildman–Crippen LogP) is 2.80. The highest BCUT2D eigenvalue weighted by Crippen LogP contribution is 2.44. The summed E-state index contributed by atoms with van der Waals surface area (Å²) in [4.78, 5) is 0. The van der Waals surface area contributed by atoms with Crippen LogP contribution in [0.4, 0.5) is 0 Å². The summed E-state index contributed by atoms with van der Waals surface area (Å²) in [5, 5.41) is 2.42. The van der Waals surface area contributed by atoms with Crippen molar-refractivity contribution in [2.24, 2.45) is 0 Å². The number of rotatable bonds is 3. The first-order valence-electron chi connectivity index (χ1n) is 7.46. The molecule has 0 aromatic heterocycles. The summed E-state index contributed by atoms with van der Waals surface area (Å²) < 4.78 is 17.2. The van der Waals surface area contributed by atoms with Crippen LogP contribution in [0.2, 0.25) is 0 Å². The van der Waals surface area contributed by atoms with Gasteiger partial charge in [-0.05, 0) is 16.8 Å². The minimum atomic E-state index is -0.425. The van der Waals surface area contributed by atoms with Crippen LogP contribution in [0.5, 0.6) is 5.75 Å². The summed E-state index contributed by atoms with van der Waals surface area (Å²) in [7, 11) is 2.88. The summed E-state index contributed by atoms with van der Waals surface area (Å²) in [5.41, 5.74) is 2.19. The van der Waals surface area contributed by atoms with Crippen molar-refractivity contribution < 1.29 is 14.0 Å². The van der Waals surface area contributed by atoms with Crippen LogP contribution in [-0.4, -0.2) is 27.4 Å². The normalized spacial score (nSPS) is 21.5. The van der Waals surface area contributed by atoms with E-state index in [-0.39, 0.29) is 12.0 Å². The van der Waals surface area contributed by atoms with Crippen molar-refractivity contribution >= 4 is 23.4 Å². The maximum atomic E-state index is 6.24. The van der Waals surface area contributed by atoms with E-state index >= 15 is 0 Å². The van der Waals surface area contributed by atoms with Gasteiger partial charge in [0, 0.05) is 31.2 Å². The molecule has 1 heterocycles. The lowest BCUT2D eigenvalue weighted by molar-refractivity contribution is 0.265. The Balaban J connectivity index is 2.00. The molecule has 2 atom stereocenters. The van der Waals surface area contributed by atoms with E-state index < -0.39 is 7.12 Å². The van der Waals surface area contributed by atoms with Crippen molar-refractivity contribution in [1.82, 2.24) is 0 Å². The Morgan fingerprint density at radius 1 is 1.05 bits per heavy atom. The SMILES string of the molecule is COB(OC)c1cc2ccccc2c2c1OC1C=CC=CC21. The van der Waals surface area contributed by atoms with Gasteiger partial charge in [0.25, 0.3) is 0 Å². The third-order valence-corrected chi connectivity index (χ3v) is 4.42. The lowest BCUT2D eigenvalue weighted by Gasteiger charge is -2.15. The fraction of sp³-hybridized carbons (Fsp3) is 0.222. The maximum Gasteiger partial charge on any atom is 0.497 e. The zero-order chi connectivity index (χ0) is 15.1. The van der Waals surface area contributed by atoms with Crippen LogP contribution < -0.4 is 10.2 Å². The van der Waals surface area contributed by atoms with Gasteiger partial charge in [0.2, 0.25) is 0 Å². The molecule has 2 unspecified atom stereocenters. The molecule has 4 rings (SSSR count). The molecule has 1 aliphatic heterocycles. The fourth-order valence-corrected chi connectivity index (χ4v) is 3.46. The zero-order valence-corrected chi connectivity index (χ0v) is 12.7. The van der Waals surface area contributed by atoms with Gasteiger partial charge in [0.05, 0.1) is 0 Å². The van der Waals surface area contributed by atoms with E-state index in [4.69, 9.17) is 14.0 Å². The number of allylic oxidation sites excluding steroid dienone is 2. The highest BCUT2D eigenvalue weighted by atomic mass is 16.6. The van der Waals surface area contributed by atoms with E-state index in [9.17, 15) is 0 Å². The second-order valence-electron chi connectivity index (χ2n) is 5.61. The third-order valence-electron chi connectivity index (χ3n) is 4.42. The quantitative estimate of drug-likeness (QED) is 0.814. The average molecular weight is 292 g/mol. The number of ether oxygens (including phenoxy) is 1. The van der Waals surface area contributed by atoms with Gasteiger partial charge in [0.15, 0.2) is 0 Å². The zero-order valence-electron chi connectivity index (χ0n) is 12.7. The van der Waals surface area contributed by atoms with Gasteiger partial charge in [-0.3, -0.25) is 0 Å². The Hall–Kier alpha value is -2.04. The molecule has 0 N–H and O–H groups in total. The van der Waals surface area contributed by atoms with Gasteiger partial charge in [-0.25, -0.2) is 0 Å².